The molecule has 0 radical (unpaired) electrons. The lowest BCUT2D eigenvalue weighted by molar-refractivity contribution is -0.115. The molecule has 8 heteroatoms. The van der Waals surface area contributed by atoms with Gasteiger partial charge in [0.15, 0.2) is 5.57 Å². The Labute approximate surface area is 204 Å². The summed E-state index contributed by atoms with van der Waals surface area (Å²) >= 11 is 2.70. The highest BCUT2D eigenvalue weighted by molar-refractivity contribution is 7.13. The van der Waals surface area contributed by atoms with E-state index in [-0.39, 0.29) is 22.3 Å². The minimum Gasteiger partial charge on any atom is -0.497 e. The number of nitrogens with zero attached hydrogens (tertiary/aromatic N) is 2. The van der Waals surface area contributed by atoms with Crippen LogP contribution in [0.4, 0.5) is 0 Å². The van der Waals surface area contributed by atoms with Crippen molar-refractivity contribution in [2.75, 3.05) is 7.11 Å². The number of carbonyl (C=O) groups is 1. The number of rotatable bonds is 6. The highest BCUT2D eigenvalue weighted by atomic mass is 32.1. The molecule has 0 fully saturated rings. The smallest absolute Gasteiger partial charge is 0.273 e. The van der Waals surface area contributed by atoms with Crippen molar-refractivity contribution in [2.45, 2.75) is 13.5 Å². The maximum absolute atomic E-state index is 13.4. The van der Waals surface area contributed by atoms with Crippen LogP contribution in [-0.2, 0) is 11.3 Å². The monoisotopic (exact) mass is 487 g/mol. The first kappa shape index (κ1) is 23.2. The van der Waals surface area contributed by atoms with Gasteiger partial charge < -0.3 is 10.1 Å². The zero-order valence-electron chi connectivity index (χ0n) is 18.6. The Morgan fingerprint density at radius 3 is 2.44 bits per heavy atom. The van der Waals surface area contributed by atoms with Crippen molar-refractivity contribution in [1.29, 1.82) is 5.26 Å². The Morgan fingerprint density at radius 1 is 1.09 bits per heavy atom. The number of aromatic nitrogens is 1. The molecule has 4 rings (SSSR count). The van der Waals surface area contributed by atoms with Crippen LogP contribution in [0.15, 0.2) is 71.5 Å². The van der Waals surface area contributed by atoms with Crippen molar-refractivity contribution < 1.29 is 9.53 Å². The van der Waals surface area contributed by atoms with Gasteiger partial charge in [-0.2, -0.15) is 5.26 Å². The van der Waals surface area contributed by atoms with E-state index in [9.17, 15) is 14.9 Å². The van der Waals surface area contributed by atoms with E-state index in [1.54, 1.807) is 48.8 Å². The first-order chi connectivity index (χ1) is 16.5. The Morgan fingerprint density at radius 2 is 1.82 bits per heavy atom. The lowest BCUT2D eigenvalue weighted by Crippen LogP contribution is -2.33. The fourth-order valence-corrected chi connectivity index (χ4v) is 5.33. The molecule has 4 aromatic rings. The Bertz CT molecular complexity index is 1540. The fourth-order valence-electron chi connectivity index (χ4n) is 3.34. The number of hydrogen-bond donors (Lipinski definition) is 1. The normalized spacial score (nSPS) is 12.2. The predicted molar refractivity (Wildman–Crippen MR) is 136 cm³/mol. The Kier molecular flexibility index (Phi) is 7.07. The van der Waals surface area contributed by atoms with E-state index in [1.807, 2.05) is 55.5 Å². The Balaban J connectivity index is 1.87. The number of benzene rings is 2. The zero-order chi connectivity index (χ0) is 24.1. The van der Waals surface area contributed by atoms with Crippen molar-refractivity contribution in [3.8, 4) is 17.5 Å². The summed E-state index contributed by atoms with van der Waals surface area (Å²) in [5.74, 6) is 0.105. The highest BCUT2D eigenvalue weighted by Gasteiger charge is 2.17. The number of thiazole rings is 1. The van der Waals surface area contributed by atoms with E-state index >= 15 is 0 Å². The first-order valence-electron chi connectivity index (χ1n) is 10.4. The molecular weight excluding hydrogens is 466 g/mol. The van der Waals surface area contributed by atoms with E-state index in [1.165, 1.54) is 4.57 Å². The molecule has 0 saturated heterocycles. The molecule has 0 bridgehead atoms. The molecule has 2 heterocycles. The van der Waals surface area contributed by atoms with Gasteiger partial charge in [0.25, 0.3) is 11.5 Å². The van der Waals surface area contributed by atoms with Gasteiger partial charge in [-0.1, -0.05) is 30.3 Å². The van der Waals surface area contributed by atoms with Gasteiger partial charge >= 0.3 is 0 Å². The van der Waals surface area contributed by atoms with Crippen LogP contribution in [0.1, 0.15) is 15.3 Å². The molecule has 2 aromatic carbocycles. The predicted octanol–water partition coefficient (Wildman–Crippen LogP) is 3.10. The lowest BCUT2D eigenvalue weighted by Gasteiger charge is -2.07. The maximum atomic E-state index is 13.4. The van der Waals surface area contributed by atoms with Crippen molar-refractivity contribution >= 4 is 40.2 Å². The van der Waals surface area contributed by atoms with Crippen molar-refractivity contribution in [3.05, 3.63) is 102 Å². The summed E-state index contributed by atoms with van der Waals surface area (Å²) in [6.45, 7) is 2.27. The van der Waals surface area contributed by atoms with Crippen LogP contribution in [0, 0.1) is 18.3 Å². The third kappa shape index (κ3) is 5.01. The number of nitrogens with one attached hydrogen (secondary N) is 1. The van der Waals surface area contributed by atoms with Crippen LogP contribution in [0.2, 0.25) is 0 Å². The number of aryl methyl sites for hydroxylation is 1. The summed E-state index contributed by atoms with van der Waals surface area (Å²) in [6, 6.07) is 22.3. The van der Waals surface area contributed by atoms with E-state index in [0.29, 0.717) is 16.0 Å². The largest absolute Gasteiger partial charge is 0.497 e. The number of amides is 1. The summed E-state index contributed by atoms with van der Waals surface area (Å²) in [7, 11) is 1.56. The molecular formula is C26H21N3O3S2. The second-order valence-corrected chi connectivity index (χ2v) is 9.71. The fraction of sp³-hybridized carbons (Fsp3) is 0.115. The van der Waals surface area contributed by atoms with Gasteiger partial charge in [-0.05, 0) is 55.0 Å². The van der Waals surface area contributed by atoms with Crippen LogP contribution >= 0.6 is 22.7 Å². The van der Waals surface area contributed by atoms with Gasteiger partial charge in [-0.15, -0.1) is 22.7 Å². The number of methoxy groups -OCH3 is 1. The standard InChI is InChI=1S/C26H21N3O3S2/c1-17-8-13-21(33-17)14-23-25(31)29(19-9-11-20(32-2)12-10-19)26(34-23)22(15-27)24(30)28-16-18-6-4-3-5-7-18/h3-14H,16H2,1-2H3,(H,28,30)/b23-14+,26-22-. The van der Waals surface area contributed by atoms with Gasteiger partial charge in [0.05, 0.1) is 17.3 Å². The summed E-state index contributed by atoms with van der Waals surface area (Å²) < 4.78 is 7.36. The number of hydrogen-bond acceptors (Lipinski definition) is 6. The molecule has 170 valence electrons. The minimum absolute atomic E-state index is 0.115. The maximum Gasteiger partial charge on any atom is 0.273 e. The SMILES string of the molecule is COc1ccc(-n2c(=O)/c(=C\c3ccc(C)s3)s/c2=C(/C#N)C(=O)NCc2ccccc2)cc1. The molecule has 0 aliphatic carbocycles. The van der Waals surface area contributed by atoms with Gasteiger partial charge in [0, 0.05) is 16.3 Å². The molecule has 0 spiro atoms. The summed E-state index contributed by atoms with van der Waals surface area (Å²) in [4.78, 5) is 28.5. The molecule has 2 aromatic heterocycles. The molecule has 6 nitrogen and oxygen atoms in total. The van der Waals surface area contributed by atoms with Crippen molar-refractivity contribution in [3.63, 3.8) is 0 Å². The minimum atomic E-state index is -0.534. The van der Waals surface area contributed by atoms with Gasteiger partial charge in [0.1, 0.15) is 16.5 Å². The molecule has 0 saturated carbocycles. The number of ether oxygens (including phenoxy) is 1. The summed E-state index contributed by atoms with van der Waals surface area (Å²) in [5, 5.41) is 12.7. The zero-order valence-corrected chi connectivity index (χ0v) is 20.2. The van der Waals surface area contributed by atoms with Gasteiger partial charge in [-0.3, -0.25) is 14.2 Å². The average Bonchev–Trinajstić information content (AvgIpc) is 3.41. The van der Waals surface area contributed by atoms with E-state index in [2.05, 4.69) is 5.32 Å². The second-order valence-electron chi connectivity index (χ2n) is 7.36. The average molecular weight is 488 g/mol. The van der Waals surface area contributed by atoms with Crippen LogP contribution in [0.25, 0.3) is 17.3 Å². The third-order valence-corrected chi connectivity index (χ3v) is 7.08. The van der Waals surface area contributed by atoms with E-state index in [0.717, 1.165) is 26.7 Å². The molecule has 0 aliphatic rings. The molecule has 1 amide bonds. The molecule has 1 N–H and O–H groups in total. The summed E-state index contributed by atoms with van der Waals surface area (Å²) in [5.41, 5.74) is 1.05. The van der Waals surface area contributed by atoms with Crippen LogP contribution in [-0.4, -0.2) is 17.6 Å². The van der Waals surface area contributed by atoms with Crippen LogP contribution in [0.5, 0.6) is 5.75 Å². The van der Waals surface area contributed by atoms with Crippen LogP contribution in [0.3, 0.4) is 0 Å². The second kappa shape index (κ2) is 10.3. The molecule has 0 atom stereocenters. The van der Waals surface area contributed by atoms with E-state index < -0.39 is 5.91 Å². The Hall–Kier alpha value is -3.93. The van der Waals surface area contributed by atoms with Crippen molar-refractivity contribution in [2.24, 2.45) is 0 Å². The van der Waals surface area contributed by atoms with E-state index in [4.69, 9.17) is 4.74 Å². The number of nitriles is 1. The third-order valence-electron chi connectivity index (χ3n) is 5.04. The van der Waals surface area contributed by atoms with Crippen LogP contribution < -0.4 is 24.8 Å². The molecule has 34 heavy (non-hydrogen) atoms. The summed E-state index contributed by atoms with van der Waals surface area (Å²) in [6.07, 6.45) is 1.80. The quantitative estimate of drug-likeness (QED) is 0.453. The van der Waals surface area contributed by atoms with Gasteiger partial charge in [0.2, 0.25) is 0 Å². The molecule has 0 unspecified atom stereocenters. The highest BCUT2D eigenvalue weighted by Crippen LogP contribution is 2.16. The van der Waals surface area contributed by atoms with Gasteiger partial charge in [-0.25, -0.2) is 0 Å². The first-order valence-corrected chi connectivity index (χ1v) is 12.0. The lowest BCUT2D eigenvalue weighted by atomic mass is 10.2. The number of thiophene rings is 1. The van der Waals surface area contributed by atoms with Crippen molar-refractivity contribution in [1.82, 2.24) is 9.88 Å². The molecule has 0 aliphatic heterocycles. The number of carbonyl (C=O) groups excluding carboxylic acids is 1. The topological polar surface area (TPSA) is 84.1 Å².